The highest BCUT2D eigenvalue weighted by molar-refractivity contribution is 5.71. The summed E-state index contributed by atoms with van der Waals surface area (Å²) in [7, 11) is 0. The van der Waals surface area contributed by atoms with Gasteiger partial charge in [0.25, 0.3) is 0 Å². The van der Waals surface area contributed by atoms with Crippen molar-refractivity contribution in [3.8, 4) is 0 Å². The SMILES string of the molecule is CC(C)=CCCC(C)CCOC(=O)CN1CCCC1. The quantitative estimate of drug-likeness (QED) is 0.498. The molecule has 0 aromatic heterocycles. The van der Waals surface area contributed by atoms with Gasteiger partial charge in [-0.3, -0.25) is 9.69 Å². The molecule has 0 N–H and O–H groups in total. The number of ether oxygens (including phenoxy) is 1. The van der Waals surface area contributed by atoms with Crippen molar-refractivity contribution in [2.75, 3.05) is 26.2 Å². The largest absolute Gasteiger partial charge is 0.465 e. The Labute approximate surface area is 118 Å². The van der Waals surface area contributed by atoms with Crippen LogP contribution in [0.5, 0.6) is 0 Å². The van der Waals surface area contributed by atoms with Crippen LogP contribution in [-0.4, -0.2) is 37.1 Å². The van der Waals surface area contributed by atoms with Crippen LogP contribution < -0.4 is 0 Å². The average molecular weight is 267 g/mol. The van der Waals surface area contributed by atoms with E-state index in [1.807, 2.05) is 0 Å². The summed E-state index contributed by atoms with van der Waals surface area (Å²) < 4.78 is 5.31. The van der Waals surface area contributed by atoms with Gasteiger partial charge >= 0.3 is 5.97 Å². The number of carbonyl (C=O) groups is 1. The molecule has 0 aliphatic carbocycles. The predicted octanol–water partition coefficient (Wildman–Crippen LogP) is 3.40. The van der Waals surface area contributed by atoms with Gasteiger partial charge in [0.1, 0.15) is 0 Å². The summed E-state index contributed by atoms with van der Waals surface area (Å²) in [5.74, 6) is 0.564. The van der Waals surface area contributed by atoms with E-state index in [-0.39, 0.29) is 5.97 Å². The Morgan fingerprint density at radius 3 is 2.58 bits per heavy atom. The molecule has 3 nitrogen and oxygen atoms in total. The Kier molecular flexibility index (Phi) is 7.80. The lowest BCUT2D eigenvalue weighted by Gasteiger charge is -2.14. The number of nitrogens with zero attached hydrogens (tertiary/aromatic N) is 1. The summed E-state index contributed by atoms with van der Waals surface area (Å²) >= 11 is 0. The van der Waals surface area contributed by atoms with Crippen LogP contribution in [0.1, 0.15) is 52.9 Å². The van der Waals surface area contributed by atoms with Crippen LogP contribution in [0.2, 0.25) is 0 Å². The second-order valence-electron chi connectivity index (χ2n) is 5.96. The van der Waals surface area contributed by atoms with Crippen molar-refractivity contribution < 1.29 is 9.53 Å². The van der Waals surface area contributed by atoms with E-state index in [1.165, 1.54) is 24.8 Å². The smallest absolute Gasteiger partial charge is 0.320 e. The van der Waals surface area contributed by atoms with E-state index in [0.717, 1.165) is 25.9 Å². The van der Waals surface area contributed by atoms with Crippen molar-refractivity contribution in [1.29, 1.82) is 0 Å². The normalized spacial score (nSPS) is 17.2. The summed E-state index contributed by atoms with van der Waals surface area (Å²) in [6.45, 7) is 9.64. The molecule has 1 fully saturated rings. The predicted molar refractivity (Wildman–Crippen MR) is 79.1 cm³/mol. The molecule has 110 valence electrons. The maximum Gasteiger partial charge on any atom is 0.320 e. The van der Waals surface area contributed by atoms with E-state index in [0.29, 0.717) is 19.1 Å². The zero-order valence-electron chi connectivity index (χ0n) is 12.8. The first-order valence-electron chi connectivity index (χ1n) is 7.59. The Balaban J connectivity index is 2.02. The second kappa shape index (κ2) is 9.13. The van der Waals surface area contributed by atoms with Gasteiger partial charge in [0, 0.05) is 0 Å². The number of rotatable bonds is 8. The van der Waals surface area contributed by atoms with Crippen molar-refractivity contribution in [2.45, 2.75) is 52.9 Å². The van der Waals surface area contributed by atoms with E-state index >= 15 is 0 Å². The third-order valence-electron chi connectivity index (χ3n) is 3.64. The minimum absolute atomic E-state index is 0.0570. The molecule has 0 saturated carbocycles. The molecule has 0 bridgehead atoms. The maximum absolute atomic E-state index is 11.6. The zero-order valence-corrected chi connectivity index (χ0v) is 12.8. The molecular formula is C16H29NO2. The van der Waals surface area contributed by atoms with Gasteiger partial charge in [-0.2, -0.15) is 0 Å². The fraction of sp³-hybridized carbons (Fsp3) is 0.812. The van der Waals surface area contributed by atoms with Gasteiger partial charge in [-0.25, -0.2) is 0 Å². The highest BCUT2D eigenvalue weighted by Gasteiger charge is 2.15. The number of carbonyl (C=O) groups excluding carboxylic acids is 1. The first-order chi connectivity index (χ1) is 9.08. The standard InChI is InChI=1S/C16H29NO2/c1-14(2)7-6-8-15(3)9-12-19-16(18)13-17-10-4-5-11-17/h7,15H,4-6,8-13H2,1-3H3. The lowest BCUT2D eigenvalue weighted by molar-refractivity contribution is -0.145. The molecule has 0 spiro atoms. The van der Waals surface area contributed by atoms with E-state index in [2.05, 4.69) is 31.7 Å². The van der Waals surface area contributed by atoms with Gasteiger partial charge in [-0.1, -0.05) is 18.6 Å². The summed E-state index contributed by atoms with van der Waals surface area (Å²) in [6.07, 6.45) is 7.99. The number of esters is 1. The second-order valence-corrected chi connectivity index (χ2v) is 5.96. The molecule has 1 rings (SSSR count). The maximum atomic E-state index is 11.6. The third-order valence-corrected chi connectivity index (χ3v) is 3.64. The van der Waals surface area contributed by atoms with Crippen molar-refractivity contribution in [3.05, 3.63) is 11.6 Å². The molecule has 0 radical (unpaired) electrons. The molecule has 1 saturated heterocycles. The Morgan fingerprint density at radius 1 is 1.26 bits per heavy atom. The molecule has 0 aromatic carbocycles. The number of allylic oxidation sites excluding steroid dienone is 2. The monoisotopic (exact) mass is 267 g/mol. The van der Waals surface area contributed by atoms with Crippen LogP contribution in [0.4, 0.5) is 0 Å². The lowest BCUT2D eigenvalue weighted by atomic mass is 10.0. The zero-order chi connectivity index (χ0) is 14.1. The van der Waals surface area contributed by atoms with Crippen molar-refractivity contribution in [1.82, 2.24) is 4.90 Å². The van der Waals surface area contributed by atoms with E-state index in [9.17, 15) is 4.79 Å². The van der Waals surface area contributed by atoms with E-state index in [4.69, 9.17) is 4.74 Å². The van der Waals surface area contributed by atoms with Crippen LogP contribution in [0, 0.1) is 5.92 Å². The molecule has 3 heteroatoms. The van der Waals surface area contributed by atoms with E-state index < -0.39 is 0 Å². The van der Waals surface area contributed by atoms with E-state index in [1.54, 1.807) is 0 Å². The Bertz CT molecular complexity index is 289. The minimum atomic E-state index is -0.0570. The Hall–Kier alpha value is -0.830. The van der Waals surface area contributed by atoms with Gasteiger partial charge < -0.3 is 4.74 Å². The van der Waals surface area contributed by atoms with Crippen LogP contribution >= 0.6 is 0 Å². The van der Waals surface area contributed by atoms with Gasteiger partial charge in [0.15, 0.2) is 0 Å². The Morgan fingerprint density at radius 2 is 1.95 bits per heavy atom. The molecule has 1 aliphatic heterocycles. The minimum Gasteiger partial charge on any atom is -0.465 e. The molecular weight excluding hydrogens is 238 g/mol. The van der Waals surface area contributed by atoms with Crippen LogP contribution in [-0.2, 0) is 9.53 Å². The van der Waals surface area contributed by atoms with Crippen LogP contribution in [0.3, 0.4) is 0 Å². The molecule has 0 amide bonds. The highest BCUT2D eigenvalue weighted by atomic mass is 16.5. The average Bonchev–Trinajstić information content (AvgIpc) is 2.81. The fourth-order valence-corrected chi connectivity index (χ4v) is 2.34. The number of likely N-dealkylation sites (tertiary alicyclic amines) is 1. The number of hydrogen-bond donors (Lipinski definition) is 0. The third kappa shape index (κ3) is 8.04. The van der Waals surface area contributed by atoms with Crippen LogP contribution in [0.25, 0.3) is 0 Å². The number of hydrogen-bond acceptors (Lipinski definition) is 3. The van der Waals surface area contributed by atoms with Crippen molar-refractivity contribution in [3.63, 3.8) is 0 Å². The molecule has 1 aliphatic rings. The van der Waals surface area contributed by atoms with Gasteiger partial charge in [0.2, 0.25) is 0 Å². The van der Waals surface area contributed by atoms with Crippen molar-refractivity contribution in [2.24, 2.45) is 5.92 Å². The van der Waals surface area contributed by atoms with Gasteiger partial charge in [-0.05, 0) is 65.0 Å². The first-order valence-corrected chi connectivity index (χ1v) is 7.59. The topological polar surface area (TPSA) is 29.5 Å². The fourth-order valence-electron chi connectivity index (χ4n) is 2.34. The molecule has 1 unspecified atom stereocenters. The van der Waals surface area contributed by atoms with Gasteiger partial charge in [0.05, 0.1) is 13.2 Å². The summed E-state index contributed by atoms with van der Waals surface area (Å²) in [5.41, 5.74) is 1.38. The molecule has 19 heavy (non-hydrogen) atoms. The first kappa shape index (κ1) is 16.2. The van der Waals surface area contributed by atoms with Gasteiger partial charge in [-0.15, -0.1) is 0 Å². The molecule has 1 heterocycles. The van der Waals surface area contributed by atoms with Crippen LogP contribution in [0.15, 0.2) is 11.6 Å². The lowest BCUT2D eigenvalue weighted by Crippen LogP contribution is -2.28. The summed E-state index contributed by atoms with van der Waals surface area (Å²) in [4.78, 5) is 13.8. The molecule has 1 atom stereocenters. The highest BCUT2D eigenvalue weighted by Crippen LogP contribution is 2.12. The summed E-state index contributed by atoms with van der Waals surface area (Å²) in [6, 6.07) is 0. The van der Waals surface area contributed by atoms with Crippen molar-refractivity contribution >= 4 is 5.97 Å². The molecule has 0 aromatic rings. The summed E-state index contributed by atoms with van der Waals surface area (Å²) in [5, 5.41) is 0.